The van der Waals surface area contributed by atoms with Crippen LogP contribution < -0.4 is 4.74 Å². The Hall–Kier alpha value is -2.23. The molecule has 0 bridgehead atoms. The summed E-state index contributed by atoms with van der Waals surface area (Å²) in [5, 5.41) is 0. The van der Waals surface area contributed by atoms with Gasteiger partial charge in [-0.15, -0.1) is 0 Å². The van der Waals surface area contributed by atoms with Crippen molar-refractivity contribution in [3.05, 3.63) is 53.9 Å². The molecular formula is C18H22N2O2. The zero-order valence-corrected chi connectivity index (χ0v) is 12.9. The highest BCUT2D eigenvalue weighted by molar-refractivity contribution is 5.92. The lowest BCUT2D eigenvalue weighted by Crippen LogP contribution is -2.41. The molecule has 2 heterocycles. The molecule has 1 aromatic carbocycles. The fourth-order valence-corrected chi connectivity index (χ4v) is 2.87. The molecule has 0 radical (unpaired) electrons. The highest BCUT2D eigenvalue weighted by atomic mass is 16.5. The third-order valence-electron chi connectivity index (χ3n) is 4.14. The van der Waals surface area contributed by atoms with E-state index in [4.69, 9.17) is 4.74 Å². The van der Waals surface area contributed by atoms with Gasteiger partial charge in [-0.2, -0.15) is 0 Å². The Labute approximate surface area is 131 Å². The first-order chi connectivity index (χ1) is 10.7. The number of nitrogens with zero attached hydrogens (tertiary/aromatic N) is 1. The standard InChI is InChI=1S/C18H22N2O2/c1-14-6-8-16(9-7-14)22-13-15-4-3-11-20(12-15)18(21)17-5-2-10-19-17/h2,5-10,15,19H,3-4,11-13H2,1H3/t15-/m0/s1. The molecular weight excluding hydrogens is 276 g/mol. The van der Waals surface area contributed by atoms with Crippen molar-refractivity contribution >= 4 is 5.91 Å². The number of aromatic amines is 1. The van der Waals surface area contributed by atoms with Crippen molar-refractivity contribution in [1.82, 2.24) is 9.88 Å². The maximum Gasteiger partial charge on any atom is 0.270 e. The summed E-state index contributed by atoms with van der Waals surface area (Å²) < 4.78 is 5.87. The lowest BCUT2D eigenvalue weighted by atomic mass is 9.98. The molecule has 1 N–H and O–H groups in total. The summed E-state index contributed by atoms with van der Waals surface area (Å²) in [7, 11) is 0. The Balaban J connectivity index is 1.54. The smallest absolute Gasteiger partial charge is 0.270 e. The second kappa shape index (κ2) is 6.69. The second-order valence-electron chi connectivity index (χ2n) is 5.97. The molecule has 2 aromatic rings. The van der Waals surface area contributed by atoms with Crippen LogP contribution in [0.3, 0.4) is 0 Å². The largest absolute Gasteiger partial charge is 0.493 e. The van der Waals surface area contributed by atoms with Gasteiger partial charge in [-0.25, -0.2) is 0 Å². The van der Waals surface area contributed by atoms with E-state index in [1.54, 1.807) is 6.20 Å². The molecule has 4 heteroatoms. The Morgan fingerprint density at radius 2 is 2.14 bits per heavy atom. The van der Waals surface area contributed by atoms with Crippen LogP contribution in [0.1, 0.15) is 28.9 Å². The van der Waals surface area contributed by atoms with Gasteiger partial charge >= 0.3 is 0 Å². The number of amides is 1. The molecule has 0 saturated carbocycles. The zero-order chi connectivity index (χ0) is 15.4. The molecule has 1 amide bonds. The van der Waals surface area contributed by atoms with Gasteiger partial charge < -0.3 is 14.6 Å². The van der Waals surface area contributed by atoms with Crippen molar-refractivity contribution in [2.24, 2.45) is 5.92 Å². The Morgan fingerprint density at radius 1 is 1.32 bits per heavy atom. The molecule has 0 unspecified atom stereocenters. The van der Waals surface area contributed by atoms with Crippen molar-refractivity contribution in [2.45, 2.75) is 19.8 Å². The van der Waals surface area contributed by atoms with Crippen molar-refractivity contribution in [3.8, 4) is 5.75 Å². The molecule has 0 spiro atoms. The van der Waals surface area contributed by atoms with Gasteiger partial charge in [-0.1, -0.05) is 17.7 Å². The molecule has 3 rings (SSSR count). The van der Waals surface area contributed by atoms with E-state index >= 15 is 0 Å². The van der Waals surface area contributed by atoms with Gasteiger partial charge in [0.15, 0.2) is 0 Å². The van der Waals surface area contributed by atoms with Crippen molar-refractivity contribution < 1.29 is 9.53 Å². The minimum absolute atomic E-state index is 0.0880. The van der Waals surface area contributed by atoms with Crippen molar-refractivity contribution in [1.29, 1.82) is 0 Å². The van der Waals surface area contributed by atoms with Crippen LogP contribution in [-0.4, -0.2) is 35.5 Å². The number of likely N-dealkylation sites (tertiary alicyclic amines) is 1. The summed E-state index contributed by atoms with van der Waals surface area (Å²) in [6.07, 6.45) is 3.93. The van der Waals surface area contributed by atoms with Crippen LogP contribution in [0, 0.1) is 12.8 Å². The number of hydrogen-bond acceptors (Lipinski definition) is 2. The first-order valence-corrected chi connectivity index (χ1v) is 7.84. The number of aromatic nitrogens is 1. The van der Waals surface area contributed by atoms with E-state index in [9.17, 15) is 4.79 Å². The van der Waals surface area contributed by atoms with E-state index in [0.29, 0.717) is 18.2 Å². The predicted octanol–water partition coefficient (Wildman–Crippen LogP) is 3.25. The SMILES string of the molecule is Cc1ccc(OC[C@H]2CCCN(C(=O)c3ccc[nH]3)C2)cc1. The summed E-state index contributed by atoms with van der Waals surface area (Å²) in [6.45, 7) is 4.33. The van der Waals surface area contributed by atoms with E-state index in [1.807, 2.05) is 29.2 Å². The molecule has 1 aliphatic rings. The average molecular weight is 298 g/mol. The van der Waals surface area contributed by atoms with Gasteiger partial charge in [0.25, 0.3) is 5.91 Å². The second-order valence-corrected chi connectivity index (χ2v) is 5.97. The van der Waals surface area contributed by atoms with Crippen LogP contribution in [0.4, 0.5) is 0 Å². The lowest BCUT2D eigenvalue weighted by Gasteiger charge is -2.32. The number of carbonyl (C=O) groups excluding carboxylic acids is 1. The number of piperidine rings is 1. The number of aryl methyl sites for hydroxylation is 1. The predicted molar refractivity (Wildman–Crippen MR) is 86.1 cm³/mol. The summed E-state index contributed by atoms with van der Waals surface area (Å²) in [5.74, 6) is 1.39. The van der Waals surface area contributed by atoms with E-state index in [1.165, 1.54) is 5.56 Å². The summed E-state index contributed by atoms with van der Waals surface area (Å²) in [6, 6.07) is 11.8. The van der Waals surface area contributed by atoms with Gasteiger partial charge in [-0.3, -0.25) is 4.79 Å². The Morgan fingerprint density at radius 3 is 2.86 bits per heavy atom. The van der Waals surface area contributed by atoms with Crippen LogP contribution in [0.5, 0.6) is 5.75 Å². The first-order valence-electron chi connectivity index (χ1n) is 7.84. The Bertz CT molecular complexity index is 605. The molecule has 22 heavy (non-hydrogen) atoms. The van der Waals surface area contributed by atoms with E-state index < -0.39 is 0 Å². The fourth-order valence-electron chi connectivity index (χ4n) is 2.87. The van der Waals surface area contributed by atoms with E-state index in [2.05, 4.69) is 24.0 Å². The van der Waals surface area contributed by atoms with E-state index in [0.717, 1.165) is 31.7 Å². The van der Waals surface area contributed by atoms with Crippen molar-refractivity contribution in [3.63, 3.8) is 0 Å². The third-order valence-corrected chi connectivity index (χ3v) is 4.14. The fraction of sp³-hybridized carbons (Fsp3) is 0.389. The highest BCUT2D eigenvalue weighted by Gasteiger charge is 2.25. The van der Waals surface area contributed by atoms with Crippen LogP contribution >= 0.6 is 0 Å². The quantitative estimate of drug-likeness (QED) is 0.941. The van der Waals surface area contributed by atoms with Crippen LogP contribution in [0.25, 0.3) is 0 Å². The number of rotatable bonds is 4. The number of carbonyl (C=O) groups is 1. The van der Waals surface area contributed by atoms with Crippen LogP contribution in [-0.2, 0) is 0 Å². The highest BCUT2D eigenvalue weighted by Crippen LogP contribution is 2.20. The van der Waals surface area contributed by atoms with Gasteiger partial charge in [0.2, 0.25) is 0 Å². The molecule has 0 aliphatic carbocycles. The first kappa shape index (κ1) is 14.7. The molecule has 1 aliphatic heterocycles. The lowest BCUT2D eigenvalue weighted by molar-refractivity contribution is 0.0628. The van der Waals surface area contributed by atoms with Crippen LogP contribution in [0.15, 0.2) is 42.6 Å². The number of ether oxygens (including phenoxy) is 1. The van der Waals surface area contributed by atoms with Gasteiger partial charge in [0.05, 0.1) is 6.61 Å². The maximum atomic E-state index is 12.4. The zero-order valence-electron chi connectivity index (χ0n) is 12.9. The minimum Gasteiger partial charge on any atom is -0.493 e. The topological polar surface area (TPSA) is 45.3 Å². The summed E-state index contributed by atoms with van der Waals surface area (Å²) >= 11 is 0. The van der Waals surface area contributed by atoms with Crippen LogP contribution in [0.2, 0.25) is 0 Å². The van der Waals surface area contributed by atoms with Gasteiger partial charge in [0.1, 0.15) is 11.4 Å². The molecule has 1 aromatic heterocycles. The molecule has 4 nitrogen and oxygen atoms in total. The number of hydrogen-bond donors (Lipinski definition) is 1. The summed E-state index contributed by atoms with van der Waals surface area (Å²) in [4.78, 5) is 17.3. The Kier molecular flexibility index (Phi) is 4.47. The average Bonchev–Trinajstić information content (AvgIpc) is 3.08. The van der Waals surface area contributed by atoms with E-state index in [-0.39, 0.29) is 5.91 Å². The molecule has 1 saturated heterocycles. The maximum absolute atomic E-state index is 12.4. The number of benzene rings is 1. The van der Waals surface area contributed by atoms with Gasteiger partial charge in [-0.05, 0) is 44.0 Å². The molecule has 1 atom stereocenters. The molecule has 116 valence electrons. The normalized spacial score (nSPS) is 18.2. The monoisotopic (exact) mass is 298 g/mol. The molecule has 1 fully saturated rings. The van der Waals surface area contributed by atoms with Crippen molar-refractivity contribution in [2.75, 3.05) is 19.7 Å². The summed E-state index contributed by atoms with van der Waals surface area (Å²) in [5.41, 5.74) is 1.90. The van der Waals surface area contributed by atoms with Gasteiger partial charge in [0, 0.05) is 25.2 Å². The number of H-pyrrole nitrogens is 1. The number of nitrogens with one attached hydrogen (secondary N) is 1. The third kappa shape index (κ3) is 3.50. The minimum atomic E-state index is 0.0880.